The van der Waals surface area contributed by atoms with E-state index in [0.29, 0.717) is 10.2 Å². The van der Waals surface area contributed by atoms with Crippen LogP contribution in [-0.2, 0) is 0 Å². The number of nitro groups is 1. The van der Waals surface area contributed by atoms with Crippen LogP contribution in [0.2, 0.25) is 5.02 Å². The van der Waals surface area contributed by atoms with Crippen LogP contribution < -0.4 is 4.74 Å². The number of rotatable bonds is 2. The van der Waals surface area contributed by atoms with Gasteiger partial charge in [0.1, 0.15) is 10.8 Å². The zero-order valence-electron chi connectivity index (χ0n) is 6.58. The summed E-state index contributed by atoms with van der Waals surface area (Å²) in [6.45, 7) is 0. The molecule has 0 unspecified atom stereocenters. The fraction of sp³-hybridized carbons (Fsp3) is 0.143. The molecule has 0 atom stereocenters. The summed E-state index contributed by atoms with van der Waals surface area (Å²) in [5, 5.41) is 10.5. The lowest BCUT2D eigenvalue weighted by Crippen LogP contribution is -1.91. The second kappa shape index (κ2) is 3.93. The molecule has 0 saturated heterocycles. The van der Waals surface area contributed by atoms with Crippen LogP contribution in [-0.4, -0.2) is 12.0 Å². The number of nitro benzene ring substituents is 1. The predicted molar refractivity (Wildman–Crippen MR) is 52.4 cm³/mol. The average Bonchev–Trinajstić information content (AvgIpc) is 2.03. The molecule has 0 aliphatic rings. The molecule has 70 valence electrons. The summed E-state index contributed by atoms with van der Waals surface area (Å²) >= 11 is 8.78. The number of halogens is 2. The van der Waals surface area contributed by atoms with Gasteiger partial charge in [-0.3, -0.25) is 10.1 Å². The van der Waals surface area contributed by atoms with Gasteiger partial charge >= 0.3 is 0 Å². The molecule has 0 heterocycles. The third-order valence-electron chi connectivity index (χ3n) is 1.42. The first-order valence-corrected chi connectivity index (χ1v) is 4.40. The lowest BCUT2D eigenvalue weighted by molar-refractivity contribution is -0.384. The van der Waals surface area contributed by atoms with Crippen molar-refractivity contribution in [2.75, 3.05) is 7.11 Å². The highest BCUT2D eigenvalue weighted by Gasteiger charge is 2.15. The van der Waals surface area contributed by atoms with Crippen LogP contribution in [0, 0.1) is 10.1 Å². The highest BCUT2D eigenvalue weighted by Crippen LogP contribution is 2.35. The van der Waals surface area contributed by atoms with Crippen molar-refractivity contribution < 1.29 is 9.66 Å². The van der Waals surface area contributed by atoms with Gasteiger partial charge in [-0.25, -0.2) is 0 Å². The Bertz CT molecular complexity index is 356. The number of hydrogen-bond acceptors (Lipinski definition) is 3. The molecule has 0 saturated carbocycles. The van der Waals surface area contributed by atoms with Crippen molar-refractivity contribution in [3.8, 4) is 5.75 Å². The molecule has 1 rings (SSSR count). The molecule has 13 heavy (non-hydrogen) atoms. The van der Waals surface area contributed by atoms with Crippen molar-refractivity contribution in [1.82, 2.24) is 0 Å². The monoisotopic (exact) mass is 265 g/mol. The second-order valence-electron chi connectivity index (χ2n) is 2.20. The maximum absolute atomic E-state index is 10.5. The van der Waals surface area contributed by atoms with E-state index in [2.05, 4.69) is 15.9 Å². The van der Waals surface area contributed by atoms with Gasteiger partial charge in [-0.2, -0.15) is 0 Å². The molecule has 0 aromatic heterocycles. The molecule has 0 N–H and O–H groups in total. The van der Waals surface area contributed by atoms with Crippen LogP contribution in [0.3, 0.4) is 0 Å². The Morgan fingerprint density at radius 1 is 1.62 bits per heavy atom. The highest BCUT2D eigenvalue weighted by molar-refractivity contribution is 9.10. The van der Waals surface area contributed by atoms with E-state index in [1.807, 2.05) is 0 Å². The van der Waals surface area contributed by atoms with E-state index < -0.39 is 4.92 Å². The Kier molecular flexibility index (Phi) is 3.11. The first-order chi connectivity index (χ1) is 6.06. The highest BCUT2D eigenvalue weighted by atomic mass is 79.9. The van der Waals surface area contributed by atoms with E-state index >= 15 is 0 Å². The molecule has 0 radical (unpaired) electrons. The van der Waals surface area contributed by atoms with Crippen LogP contribution in [0.25, 0.3) is 0 Å². The van der Waals surface area contributed by atoms with Gasteiger partial charge in [0.05, 0.1) is 22.6 Å². The summed E-state index contributed by atoms with van der Waals surface area (Å²) in [6.07, 6.45) is 0. The Labute approximate surface area is 87.7 Å². The van der Waals surface area contributed by atoms with E-state index in [0.717, 1.165) is 0 Å². The number of methoxy groups -OCH3 is 1. The fourth-order valence-electron chi connectivity index (χ4n) is 0.815. The quantitative estimate of drug-likeness (QED) is 0.611. The molecule has 0 fully saturated rings. The van der Waals surface area contributed by atoms with Gasteiger partial charge in [0, 0.05) is 0 Å². The predicted octanol–water partition coefficient (Wildman–Crippen LogP) is 3.02. The van der Waals surface area contributed by atoms with Gasteiger partial charge in [-0.15, -0.1) is 0 Å². The minimum atomic E-state index is -0.558. The van der Waals surface area contributed by atoms with Crippen LogP contribution in [0.5, 0.6) is 5.75 Å². The molecule has 4 nitrogen and oxygen atoms in total. The standard InChI is InChI=1S/C7H5BrClNO3/c1-13-7-3-6(10(11)12)5(9)2-4(7)8/h2-3H,1H3. The Morgan fingerprint density at radius 3 is 2.69 bits per heavy atom. The second-order valence-corrected chi connectivity index (χ2v) is 3.46. The molecule has 0 amide bonds. The summed E-state index contributed by atoms with van der Waals surface area (Å²) in [5.74, 6) is 0.385. The summed E-state index contributed by atoms with van der Waals surface area (Å²) in [5.41, 5.74) is -0.165. The number of hydrogen-bond donors (Lipinski definition) is 0. The molecule has 0 aliphatic heterocycles. The number of nitrogens with zero attached hydrogens (tertiary/aromatic N) is 1. The summed E-state index contributed by atoms with van der Waals surface area (Å²) in [4.78, 5) is 9.89. The normalized spacial score (nSPS) is 9.77. The topological polar surface area (TPSA) is 52.4 Å². The van der Waals surface area contributed by atoms with E-state index in [-0.39, 0.29) is 10.7 Å². The average molecular weight is 266 g/mol. The minimum absolute atomic E-state index is 0.0812. The van der Waals surface area contributed by atoms with Crippen molar-refractivity contribution >= 4 is 33.2 Å². The van der Waals surface area contributed by atoms with Crippen LogP contribution in [0.4, 0.5) is 5.69 Å². The van der Waals surface area contributed by atoms with Gasteiger partial charge in [0.25, 0.3) is 5.69 Å². The minimum Gasteiger partial charge on any atom is -0.495 e. The molecule has 0 bridgehead atoms. The third kappa shape index (κ3) is 2.10. The Balaban J connectivity index is 3.30. The van der Waals surface area contributed by atoms with Gasteiger partial charge < -0.3 is 4.74 Å². The van der Waals surface area contributed by atoms with Crippen molar-refractivity contribution in [1.29, 1.82) is 0 Å². The van der Waals surface area contributed by atoms with E-state index in [1.165, 1.54) is 19.2 Å². The zero-order chi connectivity index (χ0) is 10.0. The first-order valence-electron chi connectivity index (χ1n) is 3.23. The summed E-state index contributed by atoms with van der Waals surface area (Å²) in [7, 11) is 1.43. The van der Waals surface area contributed by atoms with Crippen LogP contribution >= 0.6 is 27.5 Å². The van der Waals surface area contributed by atoms with Crippen molar-refractivity contribution in [2.24, 2.45) is 0 Å². The van der Waals surface area contributed by atoms with Crippen molar-refractivity contribution in [2.45, 2.75) is 0 Å². The van der Waals surface area contributed by atoms with E-state index in [1.54, 1.807) is 0 Å². The summed E-state index contributed by atoms with van der Waals surface area (Å²) < 4.78 is 5.47. The smallest absolute Gasteiger partial charge is 0.291 e. The SMILES string of the molecule is COc1cc([N+](=O)[O-])c(Cl)cc1Br. The lowest BCUT2D eigenvalue weighted by Gasteiger charge is -2.03. The van der Waals surface area contributed by atoms with E-state index in [4.69, 9.17) is 16.3 Å². The Hall–Kier alpha value is -0.810. The van der Waals surface area contributed by atoms with Crippen LogP contribution in [0.15, 0.2) is 16.6 Å². The van der Waals surface area contributed by atoms with Gasteiger partial charge in [0.15, 0.2) is 0 Å². The number of ether oxygens (including phenoxy) is 1. The largest absolute Gasteiger partial charge is 0.495 e. The van der Waals surface area contributed by atoms with E-state index in [9.17, 15) is 10.1 Å². The fourth-order valence-corrected chi connectivity index (χ4v) is 1.68. The van der Waals surface area contributed by atoms with Gasteiger partial charge in [0.2, 0.25) is 0 Å². The lowest BCUT2D eigenvalue weighted by atomic mass is 10.3. The maximum Gasteiger partial charge on any atom is 0.291 e. The zero-order valence-corrected chi connectivity index (χ0v) is 8.92. The maximum atomic E-state index is 10.5. The van der Waals surface area contributed by atoms with Gasteiger partial charge in [-0.05, 0) is 22.0 Å². The molecule has 0 spiro atoms. The number of benzene rings is 1. The Morgan fingerprint density at radius 2 is 2.23 bits per heavy atom. The molecular formula is C7H5BrClNO3. The molecule has 1 aromatic rings. The molecular weight excluding hydrogens is 261 g/mol. The van der Waals surface area contributed by atoms with Gasteiger partial charge in [-0.1, -0.05) is 11.6 Å². The summed E-state index contributed by atoms with van der Waals surface area (Å²) in [6, 6.07) is 2.70. The molecule has 1 aromatic carbocycles. The molecule has 6 heteroatoms. The van der Waals surface area contributed by atoms with Crippen molar-refractivity contribution in [3.05, 3.63) is 31.7 Å². The first kappa shape index (κ1) is 10.3. The van der Waals surface area contributed by atoms with Crippen LogP contribution in [0.1, 0.15) is 0 Å². The van der Waals surface area contributed by atoms with Crippen molar-refractivity contribution in [3.63, 3.8) is 0 Å². The third-order valence-corrected chi connectivity index (χ3v) is 2.34. The molecule has 0 aliphatic carbocycles.